The molecule has 0 spiro atoms. The van der Waals surface area contributed by atoms with Gasteiger partial charge < -0.3 is 15.6 Å². The molecule has 2 aromatic rings. The van der Waals surface area contributed by atoms with E-state index in [2.05, 4.69) is 0 Å². The molecule has 0 saturated heterocycles. The number of primary amides is 1. The van der Waals surface area contributed by atoms with Crippen LogP contribution in [0.1, 0.15) is 42.4 Å². The number of hydrogen-bond donors (Lipinski definition) is 2. The fourth-order valence-electron chi connectivity index (χ4n) is 2.65. The molecule has 1 amide bonds. The quantitative estimate of drug-likeness (QED) is 0.338. The predicted molar refractivity (Wildman–Crippen MR) is 114 cm³/mol. The van der Waals surface area contributed by atoms with E-state index in [1.807, 2.05) is 19.9 Å². The van der Waals surface area contributed by atoms with Gasteiger partial charge in [-0.2, -0.15) is 0 Å². The van der Waals surface area contributed by atoms with Crippen LogP contribution in [0.5, 0.6) is 0 Å². The molecule has 0 aliphatic carbocycles. The van der Waals surface area contributed by atoms with Crippen LogP contribution in [0.25, 0.3) is 10.1 Å². The summed E-state index contributed by atoms with van der Waals surface area (Å²) < 4.78 is 6.61. The highest BCUT2D eigenvalue weighted by molar-refractivity contribution is 7.21. The van der Waals surface area contributed by atoms with Crippen molar-refractivity contribution >= 4 is 44.9 Å². The molecule has 0 atom stereocenters. The van der Waals surface area contributed by atoms with Crippen molar-refractivity contribution in [3.63, 3.8) is 0 Å². The van der Waals surface area contributed by atoms with Gasteiger partial charge in [0, 0.05) is 26.2 Å². The fourth-order valence-corrected chi connectivity index (χ4v) is 4.07. The number of amides is 1. The first-order valence-electron chi connectivity index (χ1n) is 8.70. The van der Waals surface area contributed by atoms with Gasteiger partial charge in [-0.25, -0.2) is 4.79 Å². The molecule has 0 aliphatic heterocycles. The van der Waals surface area contributed by atoms with Crippen molar-refractivity contribution in [2.45, 2.75) is 33.8 Å². The second kappa shape index (κ2) is 9.57. The Hall–Kier alpha value is -2.57. The van der Waals surface area contributed by atoms with Crippen molar-refractivity contribution in [1.29, 1.82) is 0 Å². The Morgan fingerprint density at radius 1 is 1.32 bits per heavy atom. The van der Waals surface area contributed by atoms with Crippen molar-refractivity contribution in [1.82, 2.24) is 0 Å². The van der Waals surface area contributed by atoms with Crippen molar-refractivity contribution < 1.29 is 19.4 Å². The number of carboxylic acid groups (broad SMARTS) is 1. The molecule has 5 nitrogen and oxygen atoms in total. The highest BCUT2D eigenvalue weighted by atomic mass is 35.5. The molecule has 2 rings (SSSR count). The number of fused-ring (bicyclic) bond motifs is 1. The maximum absolute atomic E-state index is 11.6. The number of halogens is 1. The zero-order chi connectivity index (χ0) is 20.8. The van der Waals surface area contributed by atoms with E-state index in [9.17, 15) is 14.7 Å². The number of nitrogens with two attached hydrogens (primary N) is 1. The van der Waals surface area contributed by atoms with Crippen LogP contribution in [0.2, 0.25) is 5.02 Å². The Balaban J connectivity index is 2.32. The van der Waals surface area contributed by atoms with Crippen LogP contribution in [0.3, 0.4) is 0 Å². The van der Waals surface area contributed by atoms with Crippen LogP contribution in [-0.2, 0) is 16.1 Å². The molecular weight excluding hydrogens is 398 g/mol. The van der Waals surface area contributed by atoms with Gasteiger partial charge in [-0.05, 0) is 50.6 Å². The molecule has 0 unspecified atom stereocenters. The summed E-state index contributed by atoms with van der Waals surface area (Å²) >= 11 is 7.45. The Kier molecular flexibility index (Phi) is 7.43. The fraction of sp³-hybridized carbons (Fsp3) is 0.238. The Morgan fingerprint density at radius 3 is 2.61 bits per heavy atom. The van der Waals surface area contributed by atoms with Gasteiger partial charge in [0.1, 0.15) is 17.2 Å². The molecule has 148 valence electrons. The highest BCUT2D eigenvalue weighted by Gasteiger charge is 2.20. The molecule has 7 heteroatoms. The third-order valence-electron chi connectivity index (χ3n) is 4.30. The molecule has 0 bridgehead atoms. The zero-order valence-corrected chi connectivity index (χ0v) is 17.5. The number of allylic oxidation sites excluding steroid dienone is 3. The summed E-state index contributed by atoms with van der Waals surface area (Å²) in [5.41, 5.74) is 7.28. The van der Waals surface area contributed by atoms with Crippen LogP contribution in [0, 0.1) is 0 Å². The number of ether oxygens (including phenoxy) is 1. The average molecular weight is 420 g/mol. The van der Waals surface area contributed by atoms with Gasteiger partial charge in [0.15, 0.2) is 0 Å². The van der Waals surface area contributed by atoms with Crippen molar-refractivity contribution in [2.75, 3.05) is 0 Å². The summed E-state index contributed by atoms with van der Waals surface area (Å²) in [6.45, 7) is 5.62. The molecule has 3 N–H and O–H groups in total. The summed E-state index contributed by atoms with van der Waals surface area (Å²) in [5.74, 6) is -1.04. The molecule has 0 aliphatic rings. The number of thiophene rings is 1. The molecule has 0 fully saturated rings. The first-order chi connectivity index (χ1) is 13.3. The molecule has 0 saturated carbocycles. The number of hydrogen-bond acceptors (Lipinski definition) is 4. The molecular formula is C21H22ClNO4S. The second-order valence-corrected chi connectivity index (χ2v) is 7.51. The lowest BCUT2D eigenvalue weighted by Crippen LogP contribution is -2.14. The number of aromatic carboxylic acids is 1. The van der Waals surface area contributed by atoms with E-state index < -0.39 is 11.9 Å². The van der Waals surface area contributed by atoms with Gasteiger partial charge in [0.05, 0.1) is 0 Å². The van der Waals surface area contributed by atoms with Gasteiger partial charge in [0.25, 0.3) is 0 Å². The monoisotopic (exact) mass is 419 g/mol. The smallest absolute Gasteiger partial charge is 0.346 e. The third-order valence-corrected chi connectivity index (χ3v) is 5.80. The van der Waals surface area contributed by atoms with Gasteiger partial charge in [0.2, 0.25) is 5.91 Å². The highest BCUT2D eigenvalue weighted by Crippen LogP contribution is 2.36. The number of rotatable bonds is 8. The zero-order valence-electron chi connectivity index (χ0n) is 15.9. The summed E-state index contributed by atoms with van der Waals surface area (Å²) in [7, 11) is 0. The summed E-state index contributed by atoms with van der Waals surface area (Å²) in [6, 6.07) is 5.33. The van der Waals surface area contributed by atoms with Crippen LogP contribution in [-0.4, -0.2) is 17.0 Å². The van der Waals surface area contributed by atoms with Crippen molar-refractivity contribution in [2.24, 2.45) is 5.73 Å². The van der Waals surface area contributed by atoms with E-state index >= 15 is 0 Å². The van der Waals surface area contributed by atoms with Gasteiger partial charge >= 0.3 is 5.97 Å². The van der Waals surface area contributed by atoms with E-state index in [1.165, 1.54) is 0 Å². The average Bonchev–Trinajstić information content (AvgIpc) is 3.04. The van der Waals surface area contributed by atoms with E-state index in [-0.39, 0.29) is 11.5 Å². The maximum Gasteiger partial charge on any atom is 0.346 e. The minimum atomic E-state index is -1.02. The minimum Gasteiger partial charge on any atom is -0.489 e. The van der Waals surface area contributed by atoms with E-state index in [1.54, 1.807) is 37.3 Å². The topological polar surface area (TPSA) is 89.6 Å². The lowest BCUT2D eigenvalue weighted by atomic mass is 10.1. The SMILES string of the molecule is C\C=C(/C=C\C(C(N)=O)=C(/C)CC)OCc1c(C(=O)O)sc2cccc(Cl)c12. The van der Waals surface area contributed by atoms with Crippen LogP contribution in [0.4, 0.5) is 0 Å². The van der Waals surface area contributed by atoms with Crippen molar-refractivity contribution in [3.8, 4) is 0 Å². The normalized spacial score (nSPS) is 13.1. The lowest BCUT2D eigenvalue weighted by molar-refractivity contribution is -0.114. The number of carboxylic acids is 1. The van der Waals surface area contributed by atoms with Crippen LogP contribution >= 0.6 is 22.9 Å². The summed E-state index contributed by atoms with van der Waals surface area (Å²) in [6.07, 6.45) is 5.70. The molecule has 1 heterocycles. The number of carbonyl (C=O) groups is 2. The standard InChI is InChI=1S/C21H22ClNO4S/c1-4-12(3)14(20(23)24)10-9-13(5-2)27-11-15-18-16(22)7-6-8-17(18)28-19(15)21(25)26/h5-10H,4,11H2,1-3H3,(H2,23,24)(H,25,26)/b10-9-,13-5+,14-12-. The molecule has 1 aromatic carbocycles. The summed E-state index contributed by atoms with van der Waals surface area (Å²) in [5, 5.41) is 10.7. The first-order valence-corrected chi connectivity index (χ1v) is 9.89. The van der Waals surface area contributed by atoms with E-state index in [0.717, 1.165) is 21.6 Å². The molecule has 0 radical (unpaired) electrons. The van der Waals surface area contributed by atoms with Gasteiger partial charge in [-0.1, -0.05) is 30.2 Å². The Bertz CT molecular complexity index is 1000. The second-order valence-electron chi connectivity index (χ2n) is 6.05. The van der Waals surface area contributed by atoms with Gasteiger partial charge in [-0.15, -0.1) is 11.3 Å². The Labute approximate surface area is 172 Å². The molecule has 1 aromatic heterocycles. The van der Waals surface area contributed by atoms with Crippen molar-refractivity contribution in [3.05, 3.63) is 68.8 Å². The van der Waals surface area contributed by atoms with Crippen LogP contribution < -0.4 is 5.73 Å². The van der Waals surface area contributed by atoms with E-state index in [4.69, 9.17) is 22.1 Å². The number of carbonyl (C=O) groups excluding carboxylic acids is 1. The van der Waals surface area contributed by atoms with Crippen LogP contribution in [0.15, 0.2) is 53.3 Å². The summed E-state index contributed by atoms with van der Waals surface area (Å²) in [4.78, 5) is 23.5. The van der Waals surface area contributed by atoms with E-state index in [0.29, 0.717) is 33.7 Å². The number of benzene rings is 1. The molecule has 28 heavy (non-hydrogen) atoms. The maximum atomic E-state index is 11.6. The predicted octanol–water partition coefficient (Wildman–Crippen LogP) is 5.44. The third kappa shape index (κ3) is 4.82. The Morgan fingerprint density at radius 2 is 2.04 bits per heavy atom. The lowest BCUT2D eigenvalue weighted by Gasteiger charge is -2.09. The first kappa shape index (κ1) is 21.7. The minimum absolute atomic E-state index is 0.0394. The van der Waals surface area contributed by atoms with Gasteiger partial charge in [-0.3, -0.25) is 4.79 Å². The largest absolute Gasteiger partial charge is 0.489 e.